The van der Waals surface area contributed by atoms with Crippen molar-refractivity contribution in [1.82, 2.24) is 0 Å². The number of hydrogen-bond acceptors (Lipinski definition) is 2. The Morgan fingerprint density at radius 1 is 1.14 bits per heavy atom. The van der Waals surface area contributed by atoms with Gasteiger partial charge in [-0.1, -0.05) is 41.4 Å². The summed E-state index contributed by atoms with van der Waals surface area (Å²) < 4.78 is 6.14. The third-order valence-corrected chi connectivity index (χ3v) is 5.10. The zero-order valence-corrected chi connectivity index (χ0v) is 13.4. The molecule has 3 atom stereocenters. The smallest absolute Gasteiger partial charge is 0.0896 e. The topological polar surface area (TPSA) is 21.3 Å². The number of ether oxygens (including phenoxy) is 1. The highest BCUT2D eigenvalue weighted by Crippen LogP contribution is 2.49. The molecule has 0 radical (unpaired) electrons. The second-order valence-corrected chi connectivity index (χ2v) is 6.80. The van der Waals surface area contributed by atoms with E-state index < -0.39 is 0 Å². The molecule has 3 heteroatoms. The normalized spacial score (nSPS) is 26.7. The number of aryl methyl sites for hydroxylation is 1. The minimum atomic E-state index is 0.148. The molecular weight excluding hydrogens is 294 g/mol. The quantitative estimate of drug-likeness (QED) is 0.773. The minimum absolute atomic E-state index is 0.148. The standard InChI is InChI=1S/C19H20ClNO/c1-12-4-6-13(7-5-12)18-15-3-2-10-22-19(15)16-11-14(20)8-9-17(16)21-18/h4-9,11,15,18-19,21H,2-3,10H2,1H3/t15-,18+,19+/m1/s1. The summed E-state index contributed by atoms with van der Waals surface area (Å²) in [7, 11) is 0. The van der Waals surface area contributed by atoms with E-state index in [1.54, 1.807) is 0 Å². The molecule has 4 rings (SSSR count). The van der Waals surface area contributed by atoms with Gasteiger partial charge in [-0.25, -0.2) is 0 Å². The van der Waals surface area contributed by atoms with Crippen LogP contribution in [0.15, 0.2) is 42.5 Å². The van der Waals surface area contributed by atoms with Crippen LogP contribution in [-0.2, 0) is 4.74 Å². The molecule has 2 aliphatic heterocycles. The fourth-order valence-corrected chi connectivity index (χ4v) is 3.93. The summed E-state index contributed by atoms with van der Waals surface area (Å²) in [5.74, 6) is 0.461. The van der Waals surface area contributed by atoms with Crippen LogP contribution in [0, 0.1) is 12.8 Å². The maximum Gasteiger partial charge on any atom is 0.0896 e. The minimum Gasteiger partial charge on any atom is -0.378 e. The molecule has 2 nitrogen and oxygen atoms in total. The van der Waals surface area contributed by atoms with E-state index in [1.165, 1.54) is 23.1 Å². The predicted octanol–water partition coefficient (Wildman–Crippen LogP) is 5.28. The lowest BCUT2D eigenvalue weighted by Gasteiger charge is -2.43. The van der Waals surface area contributed by atoms with E-state index in [2.05, 4.69) is 48.6 Å². The molecule has 2 aliphatic rings. The van der Waals surface area contributed by atoms with Gasteiger partial charge in [0.15, 0.2) is 0 Å². The van der Waals surface area contributed by atoms with Gasteiger partial charge in [-0.2, -0.15) is 0 Å². The number of halogens is 1. The molecule has 2 aromatic carbocycles. The van der Waals surface area contributed by atoms with Crippen molar-refractivity contribution in [3.8, 4) is 0 Å². The van der Waals surface area contributed by atoms with E-state index in [0.717, 1.165) is 23.7 Å². The number of nitrogens with one attached hydrogen (secondary N) is 1. The van der Waals surface area contributed by atoms with Gasteiger partial charge in [0.25, 0.3) is 0 Å². The van der Waals surface area contributed by atoms with E-state index >= 15 is 0 Å². The van der Waals surface area contributed by atoms with E-state index in [4.69, 9.17) is 16.3 Å². The second kappa shape index (κ2) is 5.60. The average molecular weight is 314 g/mol. The Morgan fingerprint density at radius 2 is 1.95 bits per heavy atom. The first-order valence-electron chi connectivity index (χ1n) is 7.96. The molecule has 0 saturated carbocycles. The number of anilines is 1. The Hall–Kier alpha value is -1.51. The molecule has 2 heterocycles. The van der Waals surface area contributed by atoms with Crippen LogP contribution < -0.4 is 5.32 Å². The van der Waals surface area contributed by atoms with Gasteiger partial charge in [-0.05, 0) is 43.5 Å². The molecule has 0 unspecified atom stereocenters. The fourth-order valence-electron chi connectivity index (χ4n) is 3.75. The van der Waals surface area contributed by atoms with Gasteiger partial charge in [-0.15, -0.1) is 0 Å². The Balaban J connectivity index is 1.77. The Bertz CT molecular complexity index is 682. The van der Waals surface area contributed by atoms with Gasteiger partial charge in [0, 0.05) is 28.8 Å². The number of benzene rings is 2. The SMILES string of the molecule is Cc1ccc([C@@H]2Nc3ccc(Cl)cc3[C@H]3OCCC[C@@H]32)cc1. The predicted molar refractivity (Wildman–Crippen MR) is 90.4 cm³/mol. The van der Waals surface area contributed by atoms with Crippen LogP contribution in [0.1, 0.15) is 41.7 Å². The number of fused-ring (bicyclic) bond motifs is 3. The lowest BCUT2D eigenvalue weighted by Crippen LogP contribution is -2.35. The van der Waals surface area contributed by atoms with Crippen LogP contribution in [0.4, 0.5) is 5.69 Å². The van der Waals surface area contributed by atoms with Crippen LogP contribution in [0.5, 0.6) is 0 Å². The fraction of sp³-hybridized carbons (Fsp3) is 0.368. The highest BCUT2D eigenvalue weighted by atomic mass is 35.5. The monoisotopic (exact) mass is 313 g/mol. The van der Waals surface area contributed by atoms with Gasteiger partial charge in [0.1, 0.15) is 0 Å². The van der Waals surface area contributed by atoms with Crippen LogP contribution in [0.2, 0.25) is 5.02 Å². The molecule has 2 aromatic rings. The molecule has 0 aromatic heterocycles. The summed E-state index contributed by atoms with van der Waals surface area (Å²) in [6, 6.07) is 15.2. The molecule has 114 valence electrons. The first-order chi connectivity index (χ1) is 10.7. The van der Waals surface area contributed by atoms with Crippen molar-refractivity contribution in [2.24, 2.45) is 5.92 Å². The molecule has 0 aliphatic carbocycles. The largest absolute Gasteiger partial charge is 0.378 e. The molecule has 1 saturated heterocycles. The molecule has 22 heavy (non-hydrogen) atoms. The van der Waals surface area contributed by atoms with Crippen LogP contribution >= 0.6 is 11.6 Å². The summed E-state index contributed by atoms with van der Waals surface area (Å²) >= 11 is 6.20. The van der Waals surface area contributed by atoms with E-state index in [0.29, 0.717) is 12.0 Å². The highest BCUT2D eigenvalue weighted by molar-refractivity contribution is 6.30. The van der Waals surface area contributed by atoms with Gasteiger partial charge in [0.05, 0.1) is 12.1 Å². The highest BCUT2D eigenvalue weighted by Gasteiger charge is 2.39. The first kappa shape index (κ1) is 14.1. The number of hydrogen-bond donors (Lipinski definition) is 1. The van der Waals surface area contributed by atoms with Crippen LogP contribution in [-0.4, -0.2) is 6.61 Å². The van der Waals surface area contributed by atoms with Gasteiger partial charge in [-0.3, -0.25) is 0 Å². The molecular formula is C19H20ClNO. The first-order valence-corrected chi connectivity index (χ1v) is 8.34. The third kappa shape index (κ3) is 2.41. The number of rotatable bonds is 1. The summed E-state index contributed by atoms with van der Waals surface area (Å²) in [6.45, 7) is 2.97. The maximum absolute atomic E-state index is 6.20. The molecule has 1 N–H and O–H groups in total. The lowest BCUT2D eigenvalue weighted by atomic mass is 9.77. The second-order valence-electron chi connectivity index (χ2n) is 6.36. The van der Waals surface area contributed by atoms with E-state index in [-0.39, 0.29) is 6.10 Å². The zero-order valence-electron chi connectivity index (χ0n) is 12.7. The average Bonchev–Trinajstić information content (AvgIpc) is 2.55. The van der Waals surface area contributed by atoms with Crippen molar-refractivity contribution in [3.05, 3.63) is 64.2 Å². The van der Waals surface area contributed by atoms with Gasteiger partial charge < -0.3 is 10.1 Å². The summed E-state index contributed by atoms with van der Waals surface area (Å²) in [6.07, 6.45) is 2.46. The zero-order chi connectivity index (χ0) is 15.1. The van der Waals surface area contributed by atoms with Crippen molar-refractivity contribution in [2.45, 2.75) is 31.9 Å². The Morgan fingerprint density at radius 3 is 2.77 bits per heavy atom. The molecule has 1 fully saturated rings. The van der Waals surface area contributed by atoms with Crippen LogP contribution in [0.3, 0.4) is 0 Å². The maximum atomic E-state index is 6.20. The third-order valence-electron chi connectivity index (χ3n) is 4.86. The summed E-state index contributed by atoms with van der Waals surface area (Å²) in [5, 5.41) is 4.50. The van der Waals surface area contributed by atoms with E-state index in [1.807, 2.05) is 6.07 Å². The molecule has 0 amide bonds. The molecule has 0 spiro atoms. The molecule has 0 bridgehead atoms. The Labute approximate surface area is 136 Å². The Kier molecular flexibility index (Phi) is 3.59. The van der Waals surface area contributed by atoms with Crippen molar-refractivity contribution in [2.75, 3.05) is 11.9 Å². The van der Waals surface area contributed by atoms with Crippen molar-refractivity contribution < 1.29 is 4.74 Å². The van der Waals surface area contributed by atoms with Crippen LogP contribution in [0.25, 0.3) is 0 Å². The lowest BCUT2D eigenvalue weighted by molar-refractivity contribution is -0.0381. The van der Waals surface area contributed by atoms with Crippen molar-refractivity contribution in [3.63, 3.8) is 0 Å². The van der Waals surface area contributed by atoms with Crippen molar-refractivity contribution in [1.29, 1.82) is 0 Å². The van der Waals surface area contributed by atoms with Crippen molar-refractivity contribution >= 4 is 17.3 Å². The van der Waals surface area contributed by atoms with E-state index in [9.17, 15) is 0 Å². The summed E-state index contributed by atoms with van der Waals surface area (Å²) in [4.78, 5) is 0. The summed E-state index contributed by atoms with van der Waals surface area (Å²) in [5.41, 5.74) is 4.99. The van der Waals surface area contributed by atoms with Gasteiger partial charge >= 0.3 is 0 Å². The van der Waals surface area contributed by atoms with Gasteiger partial charge in [0.2, 0.25) is 0 Å².